The Labute approximate surface area is 192 Å². The van der Waals surface area contributed by atoms with Gasteiger partial charge in [-0.15, -0.1) is 0 Å². The number of hydrogen-bond acceptors (Lipinski definition) is 3. The van der Waals surface area contributed by atoms with Crippen molar-refractivity contribution in [3.8, 4) is 0 Å². The highest BCUT2D eigenvalue weighted by atomic mass is 35.5. The van der Waals surface area contributed by atoms with E-state index in [9.17, 15) is 17.6 Å². The topological polar surface area (TPSA) is 66.5 Å². The summed E-state index contributed by atoms with van der Waals surface area (Å²) in [6, 6.07) is 19.0. The molecule has 3 rings (SSSR count). The van der Waals surface area contributed by atoms with Crippen molar-refractivity contribution in [1.82, 2.24) is 5.32 Å². The van der Waals surface area contributed by atoms with E-state index in [4.69, 9.17) is 11.6 Å². The number of halogens is 2. The Hall–Kier alpha value is -2.90. The molecule has 0 atom stereocenters. The van der Waals surface area contributed by atoms with Crippen LogP contribution in [-0.2, 0) is 21.2 Å². The van der Waals surface area contributed by atoms with Gasteiger partial charge in [-0.1, -0.05) is 47.5 Å². The first kappa shape index (κ1) is 23.8. The Balaban J connectivity index is 1.70. The number of benzene rings is 3. The van der Waals surface area contributed by atoms with Crippen LogP contribution in [0.15, 0.2) is 77.7 Å². The molecule has 168 valence electrons. The van der Waals surface area contributed by atoms with Gasteiger partial charge in [0.05, 0.1) is 10.6 Å². The second kappa shape index (κ2) is 10.6. The molecule has 1 N–H and O–H groups in total. The Morgan fingerprint density at radius 3 is 2.38 bits per heavy atom. The molecule has 0 bridgehead atoms. The van der Waals surface area contributed by atoms with E-state index in [2.05, 4.69) is 5.32 Å². The predicted molar refractivity (Wildman–Crippen MR) is 125 cm³/mol. The third-order valence-corrected chi connectivity index (χ3v) is 6.89. The molecule has 0 spiro atoms. The molecule has 1 amide bonds. The van der Waals surface area contributed by atoms with Crippen LogP contribution in [0.25, 0.3) is 0 Å². The summed E-state index contributed by atoms with van der Waals surface area (Å²) >= 11 is 6.07. The minimum Gasteiger partial charge on any atom is -0.355 e. The van der Waals surface area contributed by atoms with E-state index in [0.29, 0.717) is 30.1 Å². The SMILES string of the molecule is Cc1ccc(S(=O)(=O)N(CC(=O)NCCCc2ccc(F)cc2)c2cccc(Cl)c2)cc1. The van der Waals surface area contributed by atoms with Gasteiger partial charge in [0.25, 0.3) is 10.0 Å². The summed E-state index contributed by atoms with van der Waals surface area (Å²) in [4.78, 5) is 12.7. The fourth-order valence-corrected chi connectivity index (χ4v) is 4.74. The molecule has 0 unspecified atom stereocenters. The number of carbonyl (C=O) groups excluding carboxylic acids is 1. The van der Waals surface area contributed by atoms with E-state index in [-0.39, 0.29) is 17.3 Å². The Bertz CT molecular complexity index is 1170. The van der Waals surface area contributed by atoms with Gasteiger partial charge in [-0.05, 0) is 67.8 Å². The Morgan fingerprint density at radius 1 is 1.03 bits per heavy atom. The molecule has 0 saturated carbocycles. The number of hydrogen-bond donors (Lipinski definition) is 1. The fraction of sp³-hybridized carbons (Fsp3) is 0.208. The third kappa shape index (κ3) is 6.31. The van der Waals surface area contributed by atoms with E-state index in [1.165, 1.54) is 30.3 Å². The maximum Gasteiger partial charge on any atom is 0.264 e. The van der Waals surface area contributed by atoms with Gasteiger partial charge < -0.3 is 5.32 Å². The highest BCUT2D eigenvalue weighted by molar-refractivity contribution is 7.92. The molecule has 5 nitrogen and oxygen atoms in total. The number of nitrogens with zero attached hydrogens (tertiary/aromatic N) is 1. The molecule has 0 aliphatic rings. The minimum absolute atomic E-state index is 0.0900. The molecule has 0 aliphatic heterocycles. The van der Waals surface area contributed by atoms with Crippen LogP contribution < -0.4 is 9.62 Å². The van der Waals surface area contributed by atoms with Crippen LogP contribution in [0.1, 0.15) is 17.5 Å². The zero-order chi connectivity index (χ0) is 23.1. The summed E-state index contributed by atoms with van der Waals surface area (Å²) in [7, 11) is -3.98. The van der Waals surface area contributed by atoms with Crippen molar-refractivity contribution in [1.29, 1.82) is 0 Å². The lowest BCUT2D eigenvalue weighted by atomic mass is 10.1. The van der Waals surface area contributed by atoms with E-state index in [0.717, 1.165) is 15.4 Å². The molecule has 0 fully saturated rings. The average molecular weight is 475 g/mol. The fourth-order valence-electron chi connectivity index (χ4n) is 3.14. The normalized spacial score (nSPS) is 11.2. The van der Waals surface area contributed by atoms with Crippen molar-refractivity contribution >= 4 is 33.2 Å². The van der Waals surface area contributed by atoms with Crippen molar-refractivity contribution in [2.45, 2.75) is 24.7 Å². The summed E-state index contributed by atoms with van der Waals surface area (Å²) < 4.78 is 40.7. The van der Waals surface area contributed by atoms with Gasteiger partial charge in [-0.3, -0.25) is 9.10 Å². The molecule has 0 saturated heterocycles. The molecular weight excluding hydrogens is 451 g/mol. The van der Waals surface area contributed by atoms with Crippen LogP contribution >= 0.6 is 11.6 Å². The van der Waals surface area contributed by atoms with Gasteiger partial charge in [0.1, 0.15) is 12.4 Å². The summed E-state index contributed by atoms with van der Waals surface area (Å²) in [6.07, 6.45) is 1.31. The van der Waals surface area contributed by atoms with Gasteiger partial charge >= 0.3 is 0 Å². The largest absolute Gasteiger partial charge is 0.355 e. The molecule has 0 radical (unpaired) electrons. The van der Waals surface area contributed by atoms with E-state index < -0.39 is 15.9 Å². The smallest absolute Gasteiger partial charge is 0.264 e. The zero-order valence-corrected chi connectivity index (χ0v) is 19.2. The number of anilines is 1. The van der Waals surface area contributed by atoms with Crippen molar-refractivity contribution < 1.29 is 17.6 Å². The van der Waals surface area contributed by atoms with Crippen molar-refractivity contribution in [3.63, 3.8) is 0 Å². The summed E-state index contributed by atoms with van der Waals surface area (Å²) in [5.74, 6) is -0.724. The lowest BCUT2D eigenvalue weighted by Gasteiger charge is -2.24. The van der Waals surface area contributed by atoms with E-state index in [1.54, 1.807) is 42.5 Å². The first-order chi connectivity index (χ1) is 15.3. The molecule has 3 aromatic carbocycles. The van der Waals surface area contributed by atoms with E-state index >= 15 is 0 Å². The van der Waals surface area contributed by atoms with Gasteiger partial charge in [0, 0.05) is 11.6 Å². The number of rotatable bonds is 9. The summed E-state index contributed by atoms with van der Waals surface area (Å²) in [6.45, 7) is 1.85. The lowest BCUT2D eigenvalue weighted by Crippen LogP contribution is -2.41. The average Bonchev–Trinajstić information content (AvgIpc) is 2.76. The van der Waals surface area contributed by atoms with Crippen LogP contribution in [-0.4, -0.2) is 27.4 Å². The molecule has 0 aromatic heterocycles. The van der Waals surface area contributed by atoms with Crippen LogP contribution in [0.3, 0.4) is 0 Å². The van der Waals surface area contributed by atoms with Crippen LogP contribution in [0.2, 0.25) is 5.02 Å². The van der Waals surface area contributed by atoms with E-state index in [1.807, 2.05) is 6.92 Å². The molecule has 3 aromatic rings. The highest BCUT2D eigenvalue weighted by Gasteiger charge is 2.27. The molecular formula is C24H24ClFN2O3S. The second-order valence-corrected chi connectivity index (χ2v) is 9.68. The number of carbonyl (C=O) groups is 1. The van der Waals surface area contributed by atoms with Crippen LogP contribution in [0.4, 0.5) is 10.1 Å². The number of amides is 1. The number of sulfonamides is 1. The number of aryl methyl sites for hydroxylation is 2. The summed E-state index contributed by atoms with van der Waals surface area (Å²) in [5.41, 5.74) is 2.19. The summed E-state index contributed by atoms with van der Waals surface area (Å²) in [5, 5.41) is 3.13. The maximum atomic E-state index is 13.3. The molecule has 0 aliphatic carbocycles. The van der Waals surface area contributed by atoms with Crippen LogP contribution in [0, 0.1) is 12.7 Å². The van der Waals surface area contributed by atoms with Gasteiger partial charge in [-0.25, -0.2) is 12.8 Å². The molecule has 0 heterocycles. The zero-order valence-electron chi connectivity index (χ0n) is 17.6. The van der Waals surface area contributed by atoms with Crippen LogP contribution in [0.5, 0.6) is 0 Å². The first-order valence-corrected chi connectivity index (χ1v) is 11.9. The Morgan fingerprint density at radius 2 is 1.72 bits per heavy atom. The lowest BCUT2D eigenvalue weighted by molar-refractivity contribution is -0.119. The minimum atomic E-state index is -3.98. The second-order valence-electron chi connectivity index (χ2n) is 7.38. The first-order valence-electron chi connectivity index (χ1n) is 10.1. The standard InChI is InChI=1S/C24H24ClFN2O3S/c1-18-7-13-23(14-8-18)32(30,31)28(22-6-2-5-20(25)16-22)17-24(29)27-15-3-4-19-9-11-21(26)12-10-19/h2,5-14,16H,3-4,15,17H2,1H3,(H,27,29). The predicted octanol–water partition coefficient (Wildman–Crippen LogP) is 4.73. The quantitative estimate of drug-likeness (QED) is 0.456. The van der Waals surface area contributed by atoms with Gasteiger partial charge in [-0.2, -0.15) is 0 Å². The van der Waals surface area contributed by atoms with Crippen molar-refractivity contribution in [3.05, 3.63) is 94.8 Å². The Kier molecular flexibility index (Phi) is 7.88. The van der Waals surface area contributed by atoms with Crippen molar-refractivity contribution in [2.24, 2.45) is 0 Å². The monoisotopic (exact) mass is 474 g/mol. The van der Waals surface area contributed by atoms with Gasteiger partial charge in [0.15, 0.2) is 0 Å². The highest BCUT2D eigenvalue weighted by Crippen LogP contribution is 2.26. The van der Waals surface area contributed by atoms with Gasteiger partial charge in [0.2, 0.25) is 5.91 Å². The molecule has 8 heteroatoms. The van der Waals surface area contributed by atoms with Crippen molar-refractivity contribution in [2.75, 3.05) is 17.4 Å². The molecule has 32 heavy (non-hydrogen) atoms. The number of nitrogens with one attached hydrogen (secondary N) is 1. The maximum absolute atomic E-state index is 13.3. The third-order valence-electron chi connectivity index (χ3n) is 4.87.